The molecule has 0 aromatic heterocycles. The highest BCUT2D eigenvalue weighted by molar-refractivity contribution is 7.92. The van der Waals surface area contributed by atoms with Crippen molar-refractivity contribution in [2.75, 3.05) is 17.6 Å². The van der Waals surface area contributed by atoms with Gasteiger partial charge in [-0.3, -0.25) is 9.10 Å². The van der Waals surface area contributed by atoms with Gasteiger partial charge in [0.1, 0.15) is 0 Å². The van der Waals surface area contributed by atoms with Gasteiger partial charge >= 0.3 is 0 Å². The van der Waals surface area contributed by atoms with E-state index in [9.17, 15) is 13.2 Å². The Morgan fingerprint density at radius 1 is 1.32 bits per heavy atom. The molecule has 0 radical (unpaired) electrons. The smallest absolute Gasteiger partial charge is 0.251 e. The molecule has 0 spiro atoms. The molecule has 0 saturated carbocycles. The van der Waals surface area contributed by atoms with Gasteiger partial charge in [-0.1, -0.05) is 0 Å². The molecule has 0 bridgehead atoms. The van der Waals surface area contributed by atoms with E-state index in [4.69, 9.17) is 0 Å². The SMILES string of the molecule is Cc1cc(C(=O)NC(C)C)ccc1N(C)S(C)(=O)=O. The molecule has 1 amide bonds. The first-order chi connectivity index (χ1) is 8.62. The summed E-state index contributed by atoms with van der Waals surface area (Å²) in [4.78, 5) is 11.8. The monoisotopic (exact) mass is 284 g/mol. The lowest BCUT2D eigenvalue weighted by molar-refractivity contribution is 0.0943. The second-order valence-corrected chi connectivity index (χ2v) is 6.87. The molecule has 1 rings (SSSR count). The summed E-state index contributed by atoms with van der Waals surface area (Å²) in [5.74, 6) is -0.161. The maximum atomic E-state index is 11.8. The topological polar surface area (TPSA) is 66.5 Å². The first-order valence-corrected chi connectivity index (χ1v) is 7.83. The van der Waals surface area contributed by atoms with Crippen molar-refractivity contribution < 1.29 is 13.2 Å². The number of nitrogens with one attached hydrogen (secondary N) is 1. The quantitative estimate of drug-likeness (QED) is 0.911. The van der Waals surface area contributed by atoms with E-state index < -0.39 is 10.0 Å². The van der Waals surface area contributed by atoms with Crippen LogP contribution in [0.1, 0.15) is 29.8 Å². The molecule has 19 heavy (non-hydrogen) atoms. The highest BCUT2D eigenvalue weighted by atomic mass is 32.2. The van der Waals surface area contributed by atoms with Crippen molar-refractivity contribution in [3.8, 4) is 0 Å². The zero-order chi connectivity index (χ0) is 14.8. The van der Waals surface area contributed by atoms with Gasteiger partial charge in [0.25, 0.3) is 5.91 Å². The van der Waals surface area contributed by atoms with Crippen LogP contribution in [0.5, 0.6) is 0 Å². The molecule has 0 heterocycles. The molecule has 0 atom stereocenters. The first kappa shape index (κ1) is 15.5. The molecule has 6 heteroatoms. The summed E-state index contributed by atoms with van der Waals surface area (Å²) in [5, 5.41) is 2.79. The molecule has 0 fully saturated rings. The van der Waals surface area contributed by atoms with Crippen LogP contribution in [-0.2, 0) is 10.0 Å². The summed E-state index contributed by atoms with van der Waals surface area (Å²) in [5.41, 5.74) is 1.84. The third-order valence-corrected chi connectivity index (χ3v) is 3.91. The van der Waals surface area contributed by atoms with Crippen LogP contribution < -0.4 is 9.62 Å². The lowest BCUT2D eigenvalue weighted by atomic mass is 10.1. The highest BCUT2D eigenvalue weighted by Crippen LogP contribution is 2.22. The minimum Gasteiger partial charge on any atom is -0.350 e. The molecule has 1 N–H and O–H groups in total. The van der Waals surface area contributed by atoms with Crippen LogP contribution in [0.2, 0.25) is 0 Å². The Hall–Kier alpha value is -1.56. The van der Waals surface area contributed by atoms with Gasteiger partial charge in [-0.05, 0) is 44.5 Å². The number of hydrogen-bond donors (Lipinski definition) is 1. The maximum Gasteiger partial charge on any atom is 0.251 e. The third kappa shape index (κ3) is 3.96. The van der Waals surface area contributed by atoms with E-state index in [0.717, 1.165) is 11.8 Å². The summed E-state index contributed by atoms with van der Waals surface area (Å²) in [6.07, 6.45) is 1.14. The molecular weight excluding hydrogens is 264 g/mol. The van der Waals surface area contributed by atoms with E-state index in [0.29, 0.717) is 11.3 Å². The molecule has 1 aromatic rings. The molecule has 1 aromatic carbocycles. The van der Waals surface area contributed by atoms with Gasteiger partial charge in [0, 0.05) is 18.7 Å². The average Bonchev–Trinajstić information content (AvgIpc) is 2.25. The Bertz CT molecular complexity index is 580. The van der Waals surface area contributed by atoms with Gasteiger partial charge in [0.05, 0.1) is 11.9 Å². The first-order valence-electron chi connectivity index (χ1n) is 5.98. The number of sulfonamides is 1. The molecule has 0 aliphatic heterocycles. The average molecular weight is 284 g/mol. The Labute approximate surface area is 114 Å². The Morgan fingerprint density at radius 3 is 2.32 bits per heavy atom. The number of nitrogens with zero attached hydrogens (tertiary/aromatic N) is 1. The Balaban J connectivity index is 3.08. The largest absolute Gasteiger partial charge is 0.350 e. The number of aryl methyl sites for hydroxylation is 1. The van der Waals surface area contributed by atoms with Crippen molar-refractivity contribution in [2.24, 2.45) is 0 Å². The van der Waals surface area contributed by atoms with Gasteiger partial charge in [0.2, 0.25) is 10.0 Å². The van der Waals surface area contributed by atoms with Crippen LogP contribution in [0, 0.1) is 6.92 Å². The van der Waals surface area contributed by atoms with Crippen molar-refractivity contribution in [1.29, 1.82) is 0 Å². The van der Waals surface area contributed by atoms with Crippen molar-refractivity contribution in [2.45, 2.75) is 26.8 Å². The van der Waals surface area contributed by atoms with Crippen LogP contribution in [0.25, 0.3) is 0 Å². The van der Waals surface area contributed by atoms with Crippen molar-refractivity contribution in [3.05, 3.63) is 29.3 Å². The number of carbonyl (C=O) groups is 1. The number of hydrogen-bond acceptors (Lipinski definition) is 3. The number of anilines is 1. The summed E-state index contributed by atoms with van der Waals surface area (Å²) < 4.78 is 24.2. The van der Waals surface area contributed by atoms with Gasteiger partial charge in [-0.2, -0.15) is 0 Å². The summed E-state index contributed by atoms with van der Waals surface area (Å²) in [6, 6.07) is 5.02. The van der Waals surface area contributed by atoms with Crippen LogP contribution in [0.4, 0.5) is 5.69 Å². The maximum absolute atomic E-state index is 11.8. The van der Waals surface area contributed by atoms with E-state index in [1.807, 2.05) is 13.8 Å². The molecule has 0 aliphatic rings. The van der Waals surface area contributed by atoms with Gasteiger partial charge in [-0.15, -0.1) is 0 Å². The third-order valence-electron chi connectivity index (χ3n) is 2.72. The fourth-order valence-electron chi connectivity index (χ4n) is 1.67. The number of rotatable bonds is 4. The summed E-state index contributed by atoms with van der Waals surface area (Å²) in [7, 11) is -1.81. The second kappa shape index (κ2) is 5.61. The standard InChI is InChI=1S/C13H20N2O3S/c1-9(2)14-13(16)11-6-7-12(10(3)8-11)15(4)19(5,17)18/h6-9H,1-5H3,(H,14,16). The van der Waals surface area contributed by atoms with Crippen LogP contribution in [0.15, 0.2) is 18.2 Å². The predicted molar refractivity (Wildman–Crippen MR) is 77.0 cm³/mol. The molecule has 0 aliphatic carbocycles. The van der Waals surface area contributed by atoms with Crippen molar-refractivity contribution in [1.82, 2.24) is 5.32 Å². The van der Waals surface area contributed by atoms with Crippen LogP contribution in [0.3, 0.4) is 0 Å². The zero-order valence-electron chi connectivity index (χ0n) is 11.9. The second-order valence-electron chi connectivity index (χ2n) is 4.86. The minimum absolute atomic E-state index is 0.0613. The Morgan fingerprint density at radius 2 is 1.89 bits per heavy atom. The van der Waals surface area contributed by atoms with E-state index in [1.165, 1.54) is 11.4 Å². The van der Waals surface area contributed by atoms with E-state index in [1.54, 1.807) is 25.1 Å². The number of carbonyl (C=O) groups excluding carboxylic acids is 1. The predicted octanol–water partition coefficient (Wildman–Crippen LogP) is 1.53. The van der Waals surface area contributed by atoms with Crippen LogP contribution >= 0.6 is 0 Å². The molecule has 5 nitrogen and oxygen atoms in total. The number of benzene rings is 1. The van der Waals surface area contributed by atoms with Crippen molar-refractivity contribution in [3.63, 3.8) is 0 Å². The normalized spacial score (nSPS) is 11.5. The van der Waals surface area contributed by atoms with Crippen molar-refractivity contribution >= 4 is 21.6 Å². The fraction of sp³-hybridized carbons (Fsp3) is 0.462. The highest BCUT2D eigenvalue weighted by Gasteiger charge is 2.15. The van der Waals surface area contributed by atoms with Gasteiger partial charge in [0.15, 0.2) is 0 Å². The molecule has 0 saturated heterocycles. The molecular formula is C13H20N2O3S. The lowest BCUT2D eigenvalue weighted by Crippen LogP contribution is -2.30. The lowest BCUT2D eigenvalue weighted by Gasteiger charge is -2.19. The fourth-order valence-corrected chi connectivity index (χ4v) is 2.24. The van der Waals surface area contributed by atoms with Gasteiger partial charge in [-0.25, -0.2) is 8.42 Å². The summed E-state index contributed by atoms with van der Waals surface area (Å²) in [6.45, 7) is 5.55. The van der Waals surface area contributed by atoms with E-state index in [2.05, 4.69) is 5.32 Å². The summed E-state index contributed by atoms with van der Waals surface area (Å²) >= 11 is 0. The minimum atomic E-state index is -3.30. The Kier molecular flexibility index (Phi) is 4.57. The van der Waals surface area contributed by atoms with Gasteiger partial charge < -0.3 is 5.32 Å². The molecule has 106 valence electrons. The molecule has 0 unspecified atom stereocenters. The van der Waals surface area contributed by atoms with E-state index >= 15 is 0 Å². The zero-order valence-corrected chi connectivity index (χ0v) is 12.7. The van der Waals surface area contributed by atoms with E-state index in [-0.39, 0.29) is 11.9 Å². The number of amides is 1. The van der Waals surface area contributed by atoms with Crippen LogP contribution in [-0.4, -0.2) is 33.7 Å².